The van der Waals surface area contributed by atoms with Gasteiger partial charge >= 0.3 is 0 Å². The Bertz CT molecular complexity index is 1160. The predicted molar refractivity (Wildman–Crippen MR) is 113 cm³/mol. The summed E-state index contributed by atoms with van der Waals surface area (Å²) in [7, 11) is -2.44. The van der Waals surface area contributed by atoms with Crippen molar-refractivity contribution in [1.29, 1.82) is 0 Å². The van der Waals surface area contributed by atoms with Crippen molar-refractivity contribution >= 4 is 22.3 Å². The molecular weight excluding hydrogens is 392 g/mol. The predicted octanol–water partition coefficient (Wildman–Crippen LogP) is 4.97. The van der Waals surface area contributed by atoms with E-state index >= 15 is 0 Å². The Kier molecular flexibility index (Phi) is 5.28. The molecule has 1 aromatic heterocycles. The van der Waals surface area contributed by atoms with Gasteiger partial charge in [0.15, 0.2) is 0 Å². The van der Waals surface area contributed by atoms with E-state index in [1.807, 2.05) is 89.6 Å². The fraction of sp³-hybridized carbons (Fsp3) is 0.0455. The molecule has 0 unspecified atom stereocenters. The van der Waals surface area contributed by atoms with E-state index in [-0.39, 0.29) is 5.75 Å². The smallest absolute Gasteiger partial charge is 0.145 e. The fourth-order valence-corrected chi connectivity index (χ4v) is 3.67. The third kappa shape index (κ3) is 4.01. The van der Waals surface area contributed by atoms with Crippen molar-refractivity contribution < 1.29 is 8.42 Å². The van der Waals surface area contributed by atoms with Crippen LogP contribution in [0.25, 0.3) is 28.3 Å². The fourth-order valence-electron chi connectivity index (χ4n) is 3.04. The van der Waals surface area contributed by atoms with Gasteiger partial charge in [-0.05, 0) is 42.0 Å². The number of benzene rings is 3. The first-order chi connectivity index (χ1) is 13.6. The van der Waals surface area contributed by atoms with Gasteiger partial charge in [0.1, 0.15) is 16.5 Å². The molecule has 0 saturated carbocycles. The summed E-state index contributed by atoms with van der Waals surface area (Å²) in [6.45, 7) is 0. The molecule has 0 aliphatic carbocycles. The normalized spacial score (nSPS) is 11.1. The van der Waals surface area contributed by atoms with Crippen LogP contribution < -0.4 is 0 Å². The zero-order chi connectivity index (χ0) is 19.5. The lowest BCUT2D eigenvalue weighted by Crippen LogP contribution is -1.97. The Balaban J connectivity index is 1.82. The van der Waals surface area contributed by atoms with Crippen molar-refractivity contribution in [2.24, 2.45) is 0 Å². The summed E-state index contributed by atoms with van der Waals surface area (Å²) in [5.41, 5.74) is 4.49. The summed E-state index contributed by atoms with van der Waals surface area (Å²) in [5, 5.41) is 0.668. The summed E-state index contributed by atoms with van der Waals surface area (Å²) < 4.78 is 23.9. The third-order valence-corrected chi connectivity index (χ3v) is 5.28. The van der Waals surface area contributed by atoms with Crippen molar-refractivity contribution in [3.05, 3.63) is 95.6 Å². The molecule has 1 heterocycles. The molecular formula is C22H17ClN2O2S. The van der Waals surface area contributed by atoms with Crippen LogP contribution in [0, 0.1) is 0 Å². The highest BCUT2D eigenvalue weighted by Gasteiger charge is 2.13. The standard InChI is InChI=1S/C22H17ClN2O2S/c23-19-10-8-18(9-11-19)22-24-21(17-4-2-1-3-5-17)14-25(22)20-12-6-16(7-13-20)15-28(26)27/h1-14,28H,15H2. The molecule has 0 saturated heterocycles. The molecule has 6 heteroatoms. The molecule has 140 valence electrons. The number of hydrogen-bond acceptors (Lipinski definition) is 3. The summed E-state index contributed by atoms with van der Waals surface area (Å²) in [4.78, 5) is 4.85. The molecule has 28 heavy (non-hydrogen) atoms. The van der Waals surface area contributed by atoms with Gasteiger partial charge in [-0.3, -0.25) is 4.57 Å². The van der Waals surface area contributed by atoms with E-state index in [0.717, 1.165) is 33.9 Å². The number of aromatic nitrogens is 2. The topological polar surface area (TPSA) is 52.0 Å². The second-order valence-electron chi connectivity index (χ2n) is 6.35. The van der Waals surface area contributed by atoms with Crippen molar-refractivity contribution in [2.45, 2.75) is 5.75 Å². The number of imidazole rings is 1. The molecule has 0 amide bonds. The second kappa shape index (κ2) is 8.00. The Morgan fingerprint density at radius 1 is 0.821 bits per heavy atom. The summed E-state index contributed by atoms with van der Waals surface area (Å²) in [6, 6.07) is 25.0. The van der Waals surface area contributed by atoms with Gasteiger partial charge in [0.05, 0.1) is 11.4 Å². The minimum Gasteiger partial charge on any atom is -0.299 e. The Labute approximate surface area is 170 Å². The first-order valence-corrected chi connectivity index (χ1v) is 10.5. The molecule has 3 aromatic carbocycles. The van der Waals surface area contributed by atoms with E-state index in [4.69, 9.17) is 16.6 Å². The maximum absolute atomic E-state index is 11.0. The van der Waals surface area contributed by atoms with Gasteiger partial charge in [0.25, 0.3) is 0 Å². The minimum atomic E-state index is -2.44. The van der Waals surface area contributed by atoms with E-state index in [1.165, 1.54) is 0 Å². The van der Waals surface area contributed by atoms with Crippen LogP contribution in [0.1, 0.15) is 5.56 Å². The summed E-state index contributed by atoms with van der Waals surface area (Å²) in [6.07, 6.45) is 1.99. The molecule has 0 aliphatic heterocycles. The highest BCUT2D eigenvalue weighted by atomic mass is 35.5. The van der Waals surface area contributed by atoms with Crippen LogP contribution >= 0.6 is 11.6 Å². The SMILES string of the molecule is O=[SH](=O)Cc1ccc(-n2cc(-c3ccccc3)nc2-c2ccc(Cl)cc2)cc1. The first kappa shape index (κ1) is 18.5. The molecule has 0 aliphatic rings. The molecule has 4 rings (SSSR count). The number of nitrogens with zero attached hydrogens (tertiary/aromatic N) is 2. The minimum absolute atomic E-state index is 0.0405. The molecule has 0 N–H and O–H groups in total. The van der Waals surface area contributed by atoms with Crippen molar-refractivity contribution in [1.82, 2.24) is 9.55 Å². The lowest BCUT2D eigenvalue weighted by molar-refractivity contribution is 0.614. The lowest BCUT2D eigenvalue weighted by atomic mass is 10.2. The molecule has 0 bridgehead atoms. The first-order valence-electron chi connectivity index (χ1n) is 8.72. The van der Waals surface area contributed by atoms with Crippen LogP contribution in [0.5, 0.6) is 0 Å². The Morgan fingerprint density at radius 2 is 1.50 bits per heavy atom. The van der Waals surface area contributed by atoms with Gasteiger partial charge in [-0.1, -0.05) is 54.1 Å². The maximum atomic E-state index is 11.0. The van der Waals surface area contributed by atoms with Gasteiger partial charge in [-0.15, -0.1) is 0 Å². The van der Waals surface area contributed by atoms with Crippen LogP contribution in [0.3, 0.4) is 0 Å². The monoisotopic (exact) mass is 408 g/mol. The van der Waals surface area contributed by atoms with Gasteiger partial charge < -0.3 is 0 Å². The van der Waals surface area contributed by atoms with Gasteiger partial charge in [-0.25, -0.2) is 13.4 Å². The molecule has 4 nitrogen and oxygen atoms in total. The largest absolute Gasteiger partial charge is 0.299 e. The molecule has 0 radical (unpaired) electrons. The van der Waals surface area contributed by atoms with Crippen LogP contribution in [0.2, 0.25) is 5.02 Å². The van der Waals surface area contributed by atoms with Crippen LogP contribution in [-0.2, 0) is 16.5 Å². The highest BCUT2D eigenvalue weighted by molar-refractivity contribution is 7.71. The average molecular weight is 409 g/mol. The number of hydrogen-bond donors (Lipinski definition) is 1. The van der Waals surface area contributed by atoms with E-state index in [0.29, 0.717) is 5.02 Å². The summed E-state index contributed by atoms with van der Waals surface area (Å²) >= 11 is 6.04. The quantitative estimate of drug-likeness (QED) is 0.474. The van der Waals surface area contributed by atoms with E-state index < -0.39 is 10.7 Å². The molecule has 4 aromatic rings. The average Bonchev–Trinajstić information content (AvgIpc) is 3.15. The highest BCUT2D eigenvalue weighted by Crippen LogP contribution is 2.28. The number of thiol groups is 1. The van der Waals surface area contributed by atoms with Crippen LogP contribution in [0.15, 0.2) is 85.1 Å². The lowest BCUT2D eigenvalue weighted by Gasteiger charge is -2.08. The van der Waals surface area contributed by atoms with Crippen molar-refractivity contribution in [2.75, 3.05) is 0 Å². The number of rotatable bonds is 5. The Hall–Kier alpha value is -2.89. The van der Waals surface area contributed by atoms with Crippen molar-refractivity contribution in [3.8, 4) is 28.3 Å². The number of halogens is 1. The zero-order valence-corrected chi connectivity index (χ0v) is 16.5. The Morgan fingerprint density at radius 3 is 2.14 bits per heavy atom. The molecule has 0 spiro atoms. The molecule has 0 fully saturated rings. The van der Waals surface area contributed by atoms with E-state index in [1.54, 1.807) is 0 Å². The van der Waals surface area contributed by atoms with Crippen molar-refractivity contribution in [3.63, 3.8) is 0 Å². The second-order valence-corrected chi connectivity index (χ2v) is 7.77. The van der Waals surface area contributed by atoms with Gasteiger partial charge in [-0.2, -0.15) is 0 Å². The summed E-state index contributed by atoms with van der Waals surface area (Å²) in [5.74, 6) is 0.830. The van der Waals surface area contributed by atoms with E-state index in [9.17, 15) is 8.42 Å². The van der Waals surface area contributed by atoms with Gasteiger partial charge in [0, 0.05) is 28.0 Å². The van der Waals surface area contributed by atoms with Crippen LogP contribution in [-0.4, -0.2) is 18.0 Å². The van der Waals surface area contributed by atoms with Crippen LogP contribution in [0.4, 0.5) is 0 Å². The molecule has 0 atom stereocenters. The maximum Gasteiger partial charge on any atom is 0.145 e. The zero-order valence-electron chi connectivity index (χ0n) is 14.8. The third-order valence-electron chi connectivity index (χ3n) is 4.40. The van der Waals surface area contributed by atoms with E-state index in [2.05, 4.69) is 0 Å². The van der Waals surface area contributed by atoms with Gasteiger partial charge in [0.2, 0.25) is 0 Å².